The molecule has 0 aromatic carbocycles. The first-order valence-electron chi connectivity index (χ1n) is 6.79. The summed E-state index contributed by atoms with van der Waals surface area (Å²) in [7, 11) is 0. The van der Waals surface area contributed by atoms with Crippen molar-refractivity contribution in [2.24, 2.45) is 5.92 Å². The Morgan fingerprint density at radius 3 is 2.53 bits per heavy atom. The summed E-state index contributed by atoms with van der Waals surface area (Å²) in [6, 6.07) is 0.154. The Morgan fingerprint density at radius 2 is 1.94 bits per heavy atom. The third-order valence-corrected chi connectivity index (χ3v) is 3.30. The van der Waals surface area contributed by atoms with Crippen LogP contribution in [0.15, 0.2) is 0 Å². The van der Waals surface area contributed by atoms with Crippen LogP contribution in [0.2, 0.25) is 0 Å². The molecule has 0 N–H and O–H groups in total. The van der Waals surface area contributed by atoms with Gasteiger partial charge in [0.05, 0.1) is 0 Å². The van der Waals surface area contributed by atoms with E-state index in [1.165, 1.54) is 6.42 Å². The van der Waals surface area contributed by atoms with Crippen LogP contribution in [0.25, 0.3) is 0 Å². The van der Waals surface area contributed by atoms with Crippen molar-refractivity contribution >= 4 is 11.7 Å². The number of nitrogens with zero attached hydrogens (tertiary/aromatic N) is 1. The van der Waals surface area contributed by atoms with Gasteiger partial charge in [0.15, 0.2) is 0 Å². The summed E-state index contributed by atoms with van der Waals surface area (Å²) in [5.41, 5.74) is 0. The molecule has 1 fully saturated rings. The third kappa shape index (κ3) is 4.88. The number of hydrogen-bond acceptors (Lipinski definition) is 2. The molecule has 1 heterocycles. The van der Waals surface area contributed by atoms with Crippen molar-refractivity contribution in [1.82, 2.24) is 4.90 Å². The molecule has 3 heteroatoms. The van der Waals surface area contributed by atoms with E-state index in [0.29, 0.717) is 18.8 Å². The molecule has 1 amide bonds. The standard InChI is InChI=1S/C14H25NO2/c1-11(2)9-14(17)15-8-6-4-5-7-13(15)10-12(3)16/h11,13H,4-10H2,1-3H3. The lowest BCUT2D eigenvalue weighted by Crippen LogP contribution is -2.41. The quantitative estimate of drug-likeness (QED) is 0.756. The van der Waals surface area contributed by atoms with E-state index in [4.69, 9.17) is 0 Å². The molecule has 0 aromatic rings. The molecule has 0 bridgehead atoms. The van der Waals surface area contributed by atoms with Gasteiger partial charge >= 0.3 is 0 Å². The molecule has 3 nitrogen and oxygen atoms in total. The second-order valence-corrected chi connectivity index (χ2v) is 5.59. The SMILES string of the molecule is CC(=O)CC1CCCCCN1C(=O)CC(C)C. The average Bonchev–Trinajstić information content (AvgIpc) is 2.41. The van der Waals surface area contributed by atoms with Gasteiger partial charge in [-0.05, 0) is 25.7 Å². The molecule has 1 aliphatic heterocycles. The van der Waals surface area contributed by atoms with Crippen LogP contribution in [0.4, 0.5) is 0 Å². The molecule has 0 aliphatic carbocycles. The first-order valence-corrected chi connectivity index (χ1v) is 6.79. The summed E-state index contributed by atoms with van der Waals surface area (Å²) in [6.07, 6.45) is 5.53. The minimum atomic E-state index is 0.154. The zero-order valence-corrected chi connectivity index (χ0v) is 11.4. The monoisotopic (exact) mass is 239 g/mol. The maximum absolute atomic E-state index is 12.2. The molecule has 17 heavy (non-hydrogen) atoms. The number of carbonyl (C=O) groups is 2. The van der Waals surface area contributed by atoms with Gasteiger partial charge in [-0.2, -0.15) is 0 Å². The minimum Gasteiger partial charge on any atom is -0.339 e. The smallest absolute Gasteiger partial charge is 0.223 e. The van der Waals surface area contributed by atoms with Crippen LogP contribution >= 0.6 is 0 Å². The van der Waals surface area contributed by atoms with Gasteiger partial charge in [0.2, 0.25) is 5.91 Å². The molecule has 0 saturated carbocycles. The lowest BCUT2D eigenvalue weighted by Gasteiger charge is -2.30. The summed E-state index contributed by atoms with van der Waals surface area (Å²) in [6.45, 7) is 6.59. The Kier molecular flexibility index (Phi) is 5.66. The molecule has 0 spiro atoms. The summed E-state index contributed by atoms with van der Waals surface area (Å²) < 4.78 is 0. The largest absolute Gasteiger partial charge is 0.339 e. The van der Waals surface area contributed by atoms with E-state index in [-0.39, 0.29) is 17.7 Å². The van der Waals surface area contributed by atoms with E-state index >= 15 is 0 Å². The lowest BCUT2D eigenvalue weighted by molar-refractivity contribution is -0.135. The van der Waals surface area contributed by atoms with Crippen LogP contribution in [-0.2, 0) is 9.59 Å². The Labute approximate surface area is 105 Å². The fourth-order valence-electron chi connectivity index (χ4n) is 2.52. The molecule has 1 saturated heterocycles. The van der Waals surface area contributed by atoms with Gasteiger partial charge in [0, 0.05) is 25.4 Å². The van der Waals surface area contributed by atoms with E-state index in [2.05, 4.69) is 13.8 Å². The predicted octanol–water partition coefficient (Wildman–Crippen LogP) is 2.78. The fraction of sp³-hybridized carbons (Fsp3) is 0.857. The third-order valence-electron chi connectivity index (χ3n) is 3.30. The van der Waals surface area contributed by atoms with E-state index in [9.17, 15) is 9.59 Å². The Bertz CT molecular complexity index is 273. The molecule has 1 aliphatic rings. The number of carbonyl (C=O) groups excluding carboxylic acids is 2. The molecular weight excluding hydrogens is 214 g/mol. The highest BCUT2D eigenvalue weighted by Gasteiger charge is 2.26. The van der Waals surface area contributed by atoms with Crippen LogP contribution < -0.4 is 0 Å². The Balaban J connectivity index is 2.67. The average molecular weight is 239 g/mol. The van der Waals surface area contributed by atoms with Crippen molar-refractivity contribution in [2.75, 3.05) is 6.54 Å². The highest BCUT2D eigenvalue weighted by Crippen LogP contribution is 2.21. The normalized spacial score (nSPS) is 21.4. The van der Waals surface area contributed by atoms with E-state index in [1.54, 1.807) is 6.92 Å². The minimum absolute atomic E-state index is 0.154. The Morgan fingerprint density at radius 1 is 1.24 bits per heavy atom. The van der Waals surface area contributed by atoms with Crippen molar-refractivity contribution in [3.8, 4) is 0 Å². The van der Waals surface area contributed by atoms with Gasteiger partial charge in [-0.15, -0.1) is 0 Å². The number of amides is 1. The van der Waals surface area contributed by atoms with Gasteiger partial charge in [0.1, 0.15) is 5.78 Å². The van der Waals surface area contributed by atoms with Crippen molar-refractivity contribution in [1.29, 1.82) is 0 Å². The molecule has 0 radical (unpaired) electrons. The van der Waals surface area contributed by atoms with Crippen LogP contribution in [-0.4, -0.2) is 29.2 Å². The molecule has 1 unspecified atom stereocenters. The van der Waals surface area contributed by atoms with Gasteiger partial charge in [-0.3, -0.25) is 9.59 Å². The predicted molar refractivity (Wildman–Crippen MR) is 68.7 cm³/mol. The Hall–Kier alpha value is -0.860. The van der Waals surface area contributed by atoms with Crippen molar-refractivity contribution in [3.05, 3.63) is 0 Å². The van der Waals surface area contributed by atoms with E-state index in [1.807, 2.05) is 4.90 Å². The van der Waals surface area contributed by atoms with Gasteiger partial charge in [-0.25, -0.2) is 0 Å². The van der Waals surface area contributed by atoms with Gasteiger partial charge in [0.25, 0.3) is 0 Å². The van der Waals surface area contributed by atoms with E-state index < -0.39 is 0 Å². The van der Waals surface area contributed by atoms with Crippen LogP contribution in [0.3, 0.4) is 0 Å². The van der Waals surface area contributed by atoms with Crippen LogP contribution in [0.1, 0.15) is 59.3 Å². The first-order chi connectivity index (χ1) is 8.00. The maximum Gasteiger partial charge on any atom is 0.223 e. The van der Waals surface area contributed by atoms with E-state index in [0.717, 1.165) is 25.8 Å². The zero-order valence-electron chi connectivity index (χ0n) is 11.4. The second kappa shape index (κ2) is 6.77. The number of Topliss-reactive ketones (excluding diaryl/α,β-unsaturated/α-hetero) is 1. The fourth-order valence-corrected chi connectivity index (χ4v) is 2.52. The summed E-state index contributed by atoms with van der Waals surface area (Å²) in [4.78, 5) is 25.4. The lowest BCUT2D eigenvalue weighted by atomic mass is 10.0. The molecular formula is C14H25NO2. The summed E-state index contributed by atoms with van der Waals surface area (Å²) in [5, 5.41) is 0. The number of hydrogen-bond donors (Lipinski definition) is 0. The highest BCUT2D eigenvalue weighted by molar-refractivity contribution is 5.79. The molecule has 1 rings (SSSR count). The zero-order chi connectivity index (χ0) is 12.8. The first kappa shape index (κ1) is 14.2. The van der Waals surface area contributed by atoms with Gasteiger partial charge < -0.3 is 4.90 Å². The van der Waals surface area contributed by atoms with Crippen LogP contribution in [0, 0.1) is 5.92 Å². The maximum atomic E-state index is 12.2. The highest BCUT2D eigenvalue weighted by atomic mass is 16.2. The van der Waals surface area contributed by atoms with Crippen molar-refractivity contribution in [2.45, 2.75) is 65.3 Å². The van der Waals surface area contributed by atoms with Crippen molar-refractivity contribution in [3.63, 3.8) is 0 Å². The topological polar surface area (TPSA) is 37.4 Å². The number of rotatable bonds is 4. The van der Waals surface area contributed by atoms with Crippen molar-refractivity contribution < 1.29 is 9.59 Å². The summed E-state index contributed by atoms with van der Waals surface area (Å²) >= 11 is 0. The molecule has 0 aromatic heterocycles. The van der Waals surface area contributed by atoms with Gasteiger partial charge in [-0.1, -0.05) is 26.7 Å². The number of ketones is 1. The molecule has 1 atom stereocenters. The van der Waals surface area contributed by atoms with Crippen LogP contribution in [0.5, 0.6) is 0 Å². The molecule has 98 valence electrons. The second-order valence-electron chi connectivity index (χ2n) is 5.59. The summed E-state index contributed by atoms with van der Waals surface area (Å²) in [5.74, 6) is 0.816. The number of likely N-dealkylation sites (tertiary alicyclic amines) is 1.